The first kappa shape index (κ1) is 17.2. The third-order valence-electron chi connectivity index (χ3n) is 3.94. The van der Waals surface area contributed by atoms with E-state index in [-0.39, 0.29) is 11.8 Å². The predicted octanol–water partition coefficient (Wildman–Crippen LogP) is 4.53. The third kappa shape index (κ3) is 3.81. The molecule has 2 aromatic carbocycles. The van der Waals surface area contributed by atoms with E-state index in [0.717, 1.165) is 22.7 Å². The summed E-state index contributed by atoms with van der Waals surface area (Å²) in [5.74, 6) is -0.457. The number of fused-ring (bicyclic) bond motifs is 1. The van der Waals surface area contributed by atoms with Crippen LogP contribution in [0.1, 0.15) is 11.1 Å². The lowest BCUT2D eigenvalue weighted by Crippen LogP contribution is -1.99. The summed E-state index contributed by atoms with van der Waals surface area (Å²) in [6, 6.07) is 18.3. The van der Waals surface area contributed by atoms with E-state index in [0.29, 0.717) is 11.3 Å². The number of nitriles is 1. The molecule has 0 saturated heterocycles. The number of benzene rings is 2. The van der Waals surface area contributed by atoms with Crippen LogP contribution in [-0.4, -0.2) is 21.2 Å². The molecule has 4 aromatic rings. The van der Waals surface area contributed by atoms with Crippen LogP contribution < -0.4 is 5.32 Å². The second-order valence-corrected chi connectivity index (χ2v) is 5.90. The number of pyridine rings is 1. The lowest BCUT2D eigenvalue weighted by atomic mass is 10.1. The van der Waals surface area contributed by atoms with E-state index >= 15 is 0 Å². The number of nitrogens with zero attached hydrogens (tertiary/aromatic N) is 5. The summed E-state index contributed by atoms with van der Waals surface area (Å²) in [7, 11) is 0. The van der Waals surface area contributed by atoms with Crippen molar-refractivity contribution in [2.24, 2.45) is 4.99 Å². The van der Waals surface area contributed by atoms with Gasteiger partial charge in [-0.15, -0.1) is 0 Å². The summed E-state index contributed by atoms with van der Waals surface area (Å²) >= 11 is 0. The van der Waals surface area contributed by atoms with Crippen molar-refractivity contribution in [1.82, 2.24) is 15.0 Å². The molecule has 2 heterocycles. The predicted molar refractivity (Wildman–Crippen MR) is 105 cm³/mol. The van der Waals surface area contributed by atoms with Crippen molar-refractivity contribution < 1.29 is 4.39 Å². The Morgan fingerprint density at radius 2 is 2.00 bits per heavy atom. The lowest BCUT2D eigenvalue weighted by molar-refractivity contribution is 0.619. The van der Waals surface area contributed by atoms with E-state index in [9.17, 15) is 4.39 Å². The van der Waals surface area contributed by atoms with Crippen LogP contribution in [0.3, 0.4) is 0 Å². The molecule has 0 spiro atoms. The highest BCUT2D eigenvalue weighted by molar-refractivity contribution is 5.83. The standard InChI is InChI=1S/C21H13FN6/c22-18-13-26-21(25-12-15-4-1-3-14(9-15)11-23)28-20(18)27-17-6-7-19-16(10-17)5-2-8-24-19/h1-10,12-13H,(H,26,27,28)/b25-12+. The lowest BCUT2D eigenvalue weighted by Gasteiger charge is -2.07. The van der Waals surface area contributed by atoms with Gasteiger partial charge in [0.25, 0.3) is 5.95 Å². The molecule has 0 bridgehead atoms. The molecular formula is C21H13FN6. The Morgan fingerprint density at radius 1 is 1.07 bits per heavy atom. The Kier molecular flexibility index (Phi) is 4.68. The van der Waals surface area contributed by atoms with Gasteiger partial charge in [0.05, 0.1) is 23.3 Å². The zero-order valence-corrected chi connectivity index (χ0v) is 14.5. The molecular weight excluding hydrogens is 355 g/mol. The van der Waals surface area contributed by atoms with Crippen LogP contribution in [0.25, 0.3) is 10.9 Å². The normalized spacial score (nSPS) is 10.9. The van der Waals surface area contributed by atoms with Crippen molar-refractivity contribution >= 4 is 34.6 Å². The number of anilines is 2. The van der Waals surface area contributed by atoms with Gasteiger partial charge in [-0.05, 0) is 42.0 Å². The van der Waals surface area contributed by atoms with Crippen LogP contribution in [-0.2, 0) is 0 Å². The maximum absolute atomic E-state index is 14.1. The molecule has 134 valence electrons. The van der Waals surface area contributed by atoms with Crippen molar-refractivity contribution in [2.75, 3.05) is 5.32 Å². The van der Waals surface area contributed by atoms with Crippen molar-refractivity contribution in [3.8, 4) is 6.07 Å². The zero-order valence-electron chi connectivity index (χ0n) is 14.5. The molecule has 0 fully saturated rings. The van der Waals surface area contributed by atoms with Gasteiger partial charge in [0.2, 0.25) is 0 Å². The highest BCUT2D eigenvalue weighted by Gasteiger charge is 2.07. The summed E-state index contributed by atoms with van der Waals surface area (Å²) in [5, 5.41) is 12.8. The fraction of sp³-hybridized carbons (Fsp3) is 0. The molecule has 0 atom stereocenters. The van der Waals surface area contributed by atoms with Gasteiger partial charge in [0, 0.05) is 23.5 Å². The summed E-state index contributed by atoms with van der Waals surface area (Å²) in [6.45, 7) is 0. The molecule has 0 aliphatic carbocycles. The smallest absolute Gasteiger partial charge is 0.251 e. The van der Waals surface area contributed by atoms with E-state index in [1.807, 2.05) is 24.3 Å². The average molecular weight is 368 g/mol. The number of nitrogens with one attached hydrogen (secondary N) is 1. The van der Waals surface area contributed by atoms with Crippen molar-refractivity contribution in [2.45, 2.75) is 0 Å². The minimum absolute atomic E-state index is 0.0242. The number of hydrogen-bond donors (Lipinski definition) is 1. The number of halogens is 1. The maximum Gasteiger partial charge on any atom is 0.251 e. The van der Waals surface area contributed by atoms with Crippen LogP contribution in [0.15, 0.2) is 72.0 Å². The van der Waals surface area contributed by atoms with E-state index in [1.54, 1.807) is 36.5 Å². The van der Waals surface area contributed by atoms with E-state index < -0.39 is 5.82 Å². The van der Waals surface area contributed by atoms with Gasteiger partial charge in [-0.2, -0.15) is 10.2 Å². The maximum atomic E-state index is 14.1. The van der Waals surface area contributed by atoms with Gasteiger partial charge in [0.1, 0.15) is 0 Å². The largest absolute Gasteiger partial charge is 0.338 e. The summed E-state index contributed by atoms with van der Waals surface area (Å²) in [6.07, 6.45) is 4.31. The highest BCUT2D eigenvalue weighted by Crippen LogP contribution is 2.22. The molecule has 28 heavy (non-hydrogen) atoms. The second kappa shape index (κ2) is 7.60. The van der Waals surface area contributed by atoms with Gasteiger partial charge in [-0.1, -0.05) is 18.2 Å². The summed E-state index contributed by atoms with van der Waals surface area (Å²) < 4.78 is 14.1. The van der Waals surface area contributed by atoms with Gasteiger partial charge < -0.3 is 5.32 Å². The van der Waals surface area contributed by atoms with Crippen LogP contribution in [0.2, 0.25) is 0 Å². The van der Waals surface area contributed by atoms with Crippen LogP contribution in [0.5, 0.6) is 0 Å². The third-order valence-corrected chi connectivity index (χ3v) is 3.94. The molecule has 2 aromatic heterocycles. The molecule has 1 N–H and O–H groups in total. The monoisotopic (exact) mass is 368 g/mol. The molecule has 0 radical (unpaired) electrons. The first-order chi connectivity index (χ1) is 13.7. The minimum atomic E-state index is -0.586. The number of aliphatic imine (C=N–C) groups is 1. The Labute approximate surface area is 160 Å². The van der Waals surface area contributed by atoms with Gasteiger partial charge >= 0.3 is 0 Å². The molecule has 0 aliphatic rings. The van der Waals surface area contributed by atoms with Crippen molar-refractivity contribution in [1.29, 1.82) is 5.26 Å². The van der Waals surface area contributed by atoms with E-state index in [1.165, 1.54) is 6.21 Å². The molecule has 0 saturated carbocycles. The first-order valence-electron chi connectivity index (χ1n) is 8.40. The molecule has 0 aliphatic heterocycles. The van der Waals surface area contributed by atoms with Crippen LogP contribution >= 0.6 is 0 Å². The number of aromatic nitrogens is 3. The van der Waals surface area contributed by atoms with Gasteiger partial charge in [-0.25, -0.2) is 14.4 Å². The fourth-order valence-electron chi connectivity index (χ4n) is 2.62. The Bertz CT molecular complexity index is 1230. The summed E-state index contributed by atoms with van der Waals surface area (Å²) in [5.41, 5.74) is 2.77. The Hall–Kier alpha value is -4.18. The Balaban J connectivity index is 1.59. The average Bonchev–Trinajstić information content (AvgIpc) is 2.74. The summed E-state index contributed by atoms with van der Waals surface area (Å²) in [4.78, 5) is 16.5. The van der Waals surface area contributed by atoms with Gasteiger partial charge in [-0.3, -0.25) is 4.98 Å². The topological polar surface area (TPSA) is 86.9 Å². The zero-order chi connectivity index (χ0) is 19.3. The SMILES string of the molecule is N#Cc1cccc(/C=N/c2ncc(F)c(Nc3ccc4ncccc4c3)n2)c1. The highest BCUT2D eigenvalue weighted by atomic mass is 19.1. The Morgan fingerprint density at radius 3 is 2.89 bits per heavy atom. The van der Waals surface area contributed by atoms with Gasteiger partial charge in [0.15, 0.2) is 11.6 Å². The molecule has 4 rings (SSSR count). The van der Waals surface area contributed by atoms with E-state index in [4.69, 9.17) is 5.26 Å². The number of rotatable bonds is 4. The molecule has 6 nitrogen and oxygen atoms in total. The van der Waals surface area contributed by atoms with Crippen molar-refractivity contribution in [3.05, 3.63) is 83.9 Å². The molecule has 0 unspecified atom stereocenters. The van der Waals surface area contributed by atoms with Crippen LogP contribution in [0, 0.1) is 17.1 Å². The van der Waals surface area contributed by atoms with E-state index in [2.05, 4.69) is 31.3 Å². The number of hydrogen-bond acceptors (Lipinski definition) is 6. The quantitative estimate of drug-likeness (QED) is 0.535. The molecule has 0 amide bonds. The van der Waals surface area contributed by atoms with Crippen molar-refractivity contribution in [3.63, 3.8) is 0 Å². The van der Waals surface area contributed by atoms with Crippen LogP contribution in [0.4, 0.5) is 21.8 Å². The molecule has 7 heteroatoms. The fourth-order valence-corrected chi connectivity index (χ4v) is 2.62. The minimum Gasteiger partial charge on any atom is -0.338 e. The second-order valence-electron chi connectivity index (χ2n) is 5.90. The first-order valence-corrected chi connectivity index (χ1v) is 8.40.